The molecule has 2 rings (SSSR count). The zero-order chi connectivity index (χ0) is 11.6. The van der Waals surface area contributed by atoms with Crippen molar-refractivity contribution < 1.29 is 0 Å². The van der Waals surface area contributed by atoms with Crippen molar-refractivity contribution in [2.45, 2.75) is 51.0 Å². The summed E-state index contributed by atoms with van der Waals surface area (Å²) in [6.07, 6.45) is 7.20. The summed E-state index contributed by atoms with van der Waals surface area (Å²) in [7, 11) is 0. The molecule has 1 fully saturated rings. The summed E-state index contributed by atoms with van der Waals surface area (Å²) < 4.78 is 0.876. The minimum atomic E-state index is 0.0128. The van der Waals surface area contributed by atoms with Crippen LogP contribution in [0.5, 0.6) is 0 Å². The lowest BCUT2D eigenvalue weighted by Gasteiger charge is -2.27. The largest absolute Gasteiger partial charge is 0.325 e. The van der Waals surface area contributed by atoms with E-state index in [1.54, 1.807) is 11.3 Å². The van der Waals surface area contributed by atoms with E-state index >= 15 is 0 Å². The normalized spacial score (nSPS) is 31.3. The Bertz CT molecular complexity index is 349. The molecule has 0 spiro atoms. The molecule has 0 aliphatic heterocycles. The maximum absolute atomic E-state index is 6.53. The van der Waals surface area contributed by atoms with Gasteiger partial charge in [0.15, 0.2) is 0 Å². The second-order valence-corrected chi connectivity index (χ2v) is 7.08. The van der Waals surface area contributed by atoms with Crippen molar-refractivity contribution in [3.63, 3.8) is 0 Å². The van der Waals surface area contributed by atoms with Crippen LogP contribution in [0.1, 0.15) is 43.9 Å². The summed E-state index contributed by atoms with van der Waals surface area (Å²) in [6.45, 7) is 2.34. The van der Waals surface area contributed by atoms with E-state index in [-0.39, 0.29) is 5.54 Å². The molecule has 1 aliphatic carbocycles. The third-order valence-corrected chi connectivity index (χ3v) is 4.89. The maximum Gasteiger partial charge on any atom is 0.0931 e. The number of hydrogen-bond donors (Lipinski definition) is 1. The van der Waals surface area contributed by atoms with Crippen LogP contribution < -0.4 is 5.73 Å². The van der Waals surface area contributed by atoms with Crippen molar-refractivity contribution in [3.8, 4) is 0 Å². The maximum atomic E-state index is 6.53. The molecule has 2 N–H and O–H groups in total. The molecule has 1 aliphatic rings. The molecule has 3 heteroatoms. The van der Waals surface area contributed by atoms with Crippen molar-refractivity contribution in [2.75, 3.05) is 0 Å². The van der Waals surface area contributed by atoms with Gasteiger partial charge in [0, 0.05) is 10.4 Å². The first-order valence-corrected chi connectivity index (χ1v) is 7.30. The first-order valence-electron chi connectivity index (χ1n) is 6.10. The van der Waals surface area contributed by atoms with Crippen LogP contribution in [0.15, 0.2) is 12.1 Å². The van der Waals surface area contributed by atoms with E-state index in [9.17, 15) is 0 Å². The molecule has 1 heterocycles. The Morgan fingerprint density at radius 2 is 2.25 bits per heavy atom. The molecule has 1 aromatic rings. The topological polar surface area (TPSA) is 26.0 Å². The average Bonchev–Trinajstić information content (AvgIpc) is 2.53. The average molecular weight is 258 g/mol. The Hall–Kier alpha value is -0.0500. The van der Waals surface area contributed by atoms with Crippen LogP contribution in [-0.4, -0.2) is 5.54 Å². The van der Waals surface area contributed by atoms with Crippen LogP contribution in [0.2, 0.25) is 4.34 Å². The van der Waals surface area contributed by atoms with E-state index in [1.807, 2.05) is 6.07 Å². The van der Waals surface area contributed by atoms with Gasteiger partial charge in [0.1, 0.15) is 0 Å². The third-order valence-electron chi connectivity index (χ3n) is 3.66. The Morgan fingerprint density at radius 1 is 1.44 bits per heavy atom. The lowest BCUT2D eigenvalue weighted by molar-refractivity contribution is 0.365. The first kappa shape index (κ1) is 12.4. The molecule has 90 valence electrons. The molecule has 0 bridgehead atoms. The summed E-state index contributed by atoms with van der Waals surface area (Å²) >= 11 is 7.63. The van der Waals surface area contributed by atoms with E-state index in [0.717, 1.165) is 29.5 Å². The minimum Gasteiger partial charge on any atom is -0.325 e. The van der Waals surface area contributed by atoms with Gasteiger partial charge in [0.05, 0.1) is 4.34 Å². The molecule has 1 aromatic heterocycles. The highest BCUT2D eigenvalue weighted by Gasteiger charge is 2.28. The Morgan fingerprint density at radius 3 is 2.94 bits per heavy atom. The van der Waals surface area contributed by atoms with Gasteiger partial charge in [-0.15, -0.1) is 11.3 Å². The second-order valence-electron chi connectivity index (χ2n) is 5.28. The SMILES string of the molecule is CC1CCCC(N)(Cc2ccc(Cl)s2)CC1. The van der Waals surface area contributed by atoms with E-state index in [0.29, 0.717) is 0 Å². The molecule has 0 aromatic carbocycles. The van der Waals surface area contributed by atoms with Crippen molar-refractivity contribution in [1.29, 1.82) is 0 Å². The van der Waals surface area contributed by atoms with Gasteiger partial charge in [-0.3, -0.25) is 0 Å². The van der Waals surface area contributed by atoms with Gasteiger partial charge in [0.25, 0.3) is 0 Å². The van der Waals surface area contributed by atoms with E-state index < -0.39 is 0 Å². The molecule has 1 saturated carbocycles. The van der Waals surface area contributed by atoms with Gasteiger partial charge in [-0.1, -0.05) is 31.4 Å². The zero-order valence-electron chi connectivity index (χ0n) is 9.84. The van der Waals surface area contributed by atoms with Gasteiger partial charge in [0.2, 0.25) is 0 Å². The third kappa shape index (κ3) is 3.22. The van der Waals surface area contributed by atoms with Gasteiger partial charge >= 0.3 is 0 Å². The smallest absolute Gasteiger partial charge is 0.0931 e. The fourth-order valence-corrected chi connectivity index (χ4v) is 3.82. The molecule has 1 nitrogen and oxygen atoms in total. The lowest BCUT2D eigenvalue weighted by Crippen LogP contribution is -2.41. The van der Waals surface area contributed by atoms with Crippen molar-refractivity contribution in [2.24, 2.45) is 11.7 Å². The predicted molar refractivity (Wildman–Crippen MR) is 72.2 cm³/mol. The summed E-state index contributed by atoms with van der Waals surface area (Å²) in [6, 6.07) is 4.10. The number of nitrogens with two attached hydrogens (primary N) is 1. The van der Waals surface area contributed by atoms with Crippen molar-refractivity contribution in [1.82, 2.24) is 0 Å². The molecule has 16 heavy (non-hydrogen) atoms. The first-order chi connectivity index (χ1) is 7.57. The van der Waals surface area contributed by atoms with Crippen LogP contribution in [0.25, 0.3) is 0 Å². The van der Waals surface area contributed by atoms with Crippen LogP contribution in [0, 0.1) is 5.92 Å². The zero-order valence-corrected chi connectivity index (χ0v) is 11.4. The number of hydrogen-bond acceptors (Lipinski definition) is 2. The number of thiophene rings is 1. The Kier molecular flexibility index (Phi) is 3.93. The number of rotatable bonds is 2. The summed E-state index contributed by atoms with van der Waals surface area (Å²) in [5.74, 6) is 0.845. The molecular weight excluding hydrogens is 238 g/mol. The molecule has 0 saturated heterocycles. The summed E-state index contributed by atoms with van der Waals surface area (Å²) in [4.78, 5) is 1.34. The molecule has 2 unspecified atom stereocenters. The molecule has 0 amide bonds. The van der Waals surface area contributed by atoms with Crippen LogP contribution in [0.4, 0.5) is 0 Å². The highest BCUT2D eigenvalue weighted by Crippen LogP contribution is 2.33. The van der Waals surface area contributed by atoms with E-state index in [4.69, 9.17) is 17.3 Å². The number of halogens is 1. The molecule has 0 radical (unpaired) electrons. The molecule has 2 atom stereocenters. The predicted octanol–water partition coefficient (Wildman–Crippen LogP) is 4.24. The Balaban J connectivity index is 2.01. The van der Waals surface area contributed by atoms with Gasteiger partial charge < -0.3 is 5.73 Å². The van der Waals surface area contributed by atoms with Gasteiger partial charge in [-0.2, -0.15) is 0 Å². The Labute approximate surface area is 107 Å². The van der Waals surface area contributed by atoms with Crippen LogP contribution in [-0.2, 0) is 6.42 Å². The van der Waals surface area contributed by atoms with Gasteiger partial charge in [-0.05, 0) is 43.7 Å². The second kappa shape index (κ2) is 5.07. The van der Waals surface area contributed by atoms with E-state index in [1.165, 1.54) is 24.1 Å². The summed E-state index contributed by atoms with van der Waals surface area (Å²) in [5, 5.41) is 0. The van der Waals surface area contributed by atoms with Crippen molar-refractivity contribution in [3.05, 3.63) is 21.3 Å². The fourth-order valence-electron chi connectivity index (χ4n) is 2.58. The van der Waals surface area contributed by atoms with Crippen LogP contribution >= 0.6 is 22.9 Å². The van der Waals surface area contributed by atoms with Gasteiger partial charge in [-0.25, -0.2) is 0 Å². The standard InChI is InChI=1S/C13H20ClNS/c1-10-3-2-7-13(15,8-6-10)9-11-4-5-12(14)16-11/h4-5,10H,2-3,6-9,15H2,1H3. The highest BCUT2D eigenvalue weighted by atomic mass is 35.5. The minimum absolute atomic E-state index is 0.0128. The molecular formula is C13H20ClNS. The van der Waals surface area contributed by atoms with Crippen LogP contribution in [0.3, 0.4) is 0 Å². The quantitative estimate of drug-likeness (QED) is 0.788. The lowest BCUT2D eigenvalue weighted by atomic mass is 9.87. The van der Waals surface area contributed by atoms with E-state index in [2.05, 4.69) is 13.0 Å². The van der Waals surface area contributed by atoms with Crippen molar-refractivity contribution >= 4 is 22.9 Å². The highest BCUT2D eigenvalue weighted by molar-refractivity contribution is 7.16. The summed E-state index contributed by atoms with van der Waals surface area (Å²) in [5.41, 5.74) is 6.54. The monoisotopic (exact) mass is 257 g/mol. The fraction of sp³-hybridized carbons (Fsp3) is 0.692.